The van der Waals surface area contributed by atoms with Crippen molar-refractivity contribution in [1.29, 1.82) is 0 Å². The first-order chi connectivity index (χ1) is 10.2. The predicted octanol–water partition coefficient (Wildman–Crippen LogP) is 3.51. The number of benzene rings is 1. The van der Waals surface area contributed by atoms with Gasteiger partial charge in [0.15, 0.2) is 0 Å². The van der Waals surface area contributed by atoms with E-state index < -0.39 is 0 Å². The van der Waals surface area contributed by atoms with Crippen molar-refractivity contribution in [2.45, 2.75) is 38.5 Å². The number of imidazole rings is 1. The molecule has 1 aromatic carbocycles. The first-order valence-electron chi connectivity index (χ1n) is 7.35. The number of nitrogens with zero attached hydrogens (tertiary/aromatic N) is 2. The third kappa shape index (κ3) is 4.40. The molecule has 2 heterocycles. The summed E-state index contributed by atoms with van der Waals surface area (Å²) in [4.78, 5) is 4.44. The fourth-order valence-corrected chi connectivity index (χ4v) is 2.96. The molecule has 128 valence electrons. The molecule has 0 bridgehead atoms. The lowest BCUT2D eigenvalue weighted by molar-refractivity contribution is 0.115. The normalized spacial score (nSPS) is 21.2. The van der Waals surface area contributed by atoms with Crippen molar-refractivity contribution in [3.8, 4) is 0 Å². The molecule has 0 radical (unpaired) electrons. The van der Waals surface area contributed by atoms with Crippen LogP contribution in [0, 0.1) is 6.92 Å². The molecular weight excluding hydrogens is 357 g/mol. The highest BCUT2D eigenvalue weighted by Gasteiger charge is 2.19. The molecule has 1 aliphatic rings. The molecule has 0 saturated carbocycles. The number of aliphatic hydroxyl groups is 1. The number of piperidine rings is 1. The summed E-state index contributed by atoms with van der Waals surface area (Å²) in [6.45, 7) is 3.69. The number of aromatic nitrogens is 2. The highest BCUT2D eigenvalue weighted by atomic mass is 35.5. The van der Waals surface area contributed by atoms with E-state index in [-0.39, 0.29) is 37.0 Å². The van der Waals surface area contributed by atoms with E-state index in [0.29, 0.717) is 0 Å². The molecule has 2 atom stereocenters. The quantitative estimate of drug-likeness (QED) is 0.804. The molecular formula is C16H22Cl3N3O. The average molecular weight is 379 g/mol. The minimum absolute atomic E-state index is 0. The lowest BCUT2D eigenvalue weighted by Gasteiger charge is -2.26. The highest BCUT2D eigenvalue weighted by Crippen LogP contribution is 2.24. The second-order valence-electron chi connectivity index (χ2n) is 5.55. The largest absolute Gasteiger partial charge is 0.391 e. The number of hydrogen-bond donors (Lipinski definition) is 2. The lowest BCUT2D eigenvalue weighted by Crippen LogP contribution is -2.43. The average Bonchev–Trinajstić information content (AvgIpc) is 2.89. The van der Waals surface area contributed by atoms with Crippen LogP contribution in [0.15, 0.2) is 30.6 Å². The second-order valence-corrected chi connectivity index (χ2v) is 5.96. The van der Waals surface area contributed by atoms with Gasteiger partial charge in [0.2, 0.25) is 0 Å². The van der Waals surface area contributed by atoms with Crippen LogP contribution >= 0.6 is 36.4 Å². The van der Waals surface area contributed by atoms with Crippen LogP contribution in [0.5, 0.6) is 0 Å². The Bertz CT molecular complexity index is 672. The number of nitrogens with one attached hydrogen (secondary N) is 1. The van der Waals surface area contributed by atoms with Crippen LogP contribution in [-0.4, -0.2) is 33.3 Å². The minimum Gasteiger partial charge on any atom is -0.391 e. The van der Waals surface area contributed by atoms with Gasteiger partial charge in [-0.3, -0.25) is 0 Å². The molecule has 0 amide bonds. The van der Waals surface area contributed by atoms with E-state index in [0.717, 1.165) is 47.6 Å². The molecule has 0 spiro atoms. The number of aliphatic hydroxyl groups excluding tert-OH is 1. The van der Waals surface area contributed by atoms with Gasteiger partial charge in [-0.15, -0.1) is 24.8 Å². The van der Waals surface area contributed by atoms with E-state index in [2.05, 4.69) is 27.0 Å². The third-order valence-corrected chi connectivity index (χ3v) is 4.51. The number of allylic oxidation sites excluding steroid dienone is 1. The van der Waals surface area contributed by atoms with Crippen LogP contribution in [-0.2, 0) is 6.54 Å². The van der Waals surface area contributed by atoms with Crippen LogP contribution < -0.4 is 5.32 Å². The van der Waals surface area contributed by atoms with E-state index in [1.165, 1.54) is 0 Å². The first-order valence-corrected chi connectivity index (χ1v) is 7.72. The number of aryl methyl sites for hydroxylation is 1. The summed E-state index contributed by atoms with van der Waals surface area (Å²) in [7, 11) is 0. The van der Waals surface area contributed by atoms with Crippen molar-refractivity contribution in [1.82, 2.24) is 14.9 Å². The molecule has 1 fully saturated rings. The van der Waals surface area contributed by atoms with E-state index >= 15 is 0 Å². The lowest BCUT2D eigenvalue weighted by atomic mass is 10.0. The van der Waals surface area contributed by atoms with Crippen molar-refractivity contribution >= 4 is 47.4 Å². The molecule has 3 rings (SSSR count). The van der Waals surface area contributed by atoms with Gasteiger partial charge in [0.1, 0.15) is 0 Å². The van der Waals surface area contributed by atoms with Crippen LogP contribution in [0.25, 0.3) is 11.0 Å². The van der Waals surface area contributed by atoms with Gasteiger partial charge in [-0.1, -0.05) is 23.8 Å². The van der Waals surface area contributed by atoms with Gasteiger partial charge in [-0.2, -0.15) is 0 Å². The maximum absolute atomic E-state index is 9.92. The summed E-state index contributed by atoms with van der Waals surface area (Å²) < 4.78 is 2.09. The molecule has 0 aliphatic carbocycles. The molecule has 4 nitrogen and oxygen atoms in total. The Kier molecular flexibility index (Phi) is 7.84. The zero-order valence-corrected chi connectivity index (χ0v) is 15.3. The maximum Gasteiger partial charge on any atom is 0.0961 e. The fourth-order valence-electron chi connectivity index (χ4n) is 2.80. The molecule has 1 aliphatic heterocycles. The van der Waals surface area contributed by atoms with E-state index in [1.807, 2.05) is 25.4 Å². The maximum atomic E-state index is 9.92. The SMILES string of the molecule is Cc1c(Cl)ccc2c1ncn2C/C=C/[C@H]1NCCC[C@@H]1O.Cl.Cl. The zero-order chi connectivity index (χ0) is 14.8. The Morgan fingerprint density at radius 1 is 1.43 bits per heavy atom. The molecule has 2 N–H and O–H groups in total. The van der Waals surface area contributed by atoms with Gasteiger partial charge < -0.3 is 15.0 Å². The van der Waals surface area contributed by atoms with Gasteiger partial charge in [0.05, 0.1) is 29.5 Å². The number of hydrogen-bond acceptors (Lipinski definition) is 3. The Labute approximate surface area is 153 Å². The monoisotopic (exact) mass is 377 g/mol. The topological polar surface area (TPSA) is 50.1 Å². The molecule has 1 saturated heterocycles. The van der Waals surface area contributed by atoms with E-state index in [4.69, 9.17) is 11.6 Å². The molecule has 2 aromatic rings. The summed E-state index contributed by atoms with van der Waals surface area (Å²) in [6.07, 6.45) is 7.60. The van der Waals surface area contributed by atoms with E-state index in [9.17, 15) is 5.11 Å². The molecule has 7 heteroatoms. The van der Waals surface area contributed by atoms with Gasteiger partial charge in [0, 0.05) is 11.6 Å². The molecule has 1 aromatic heterocycles. The van der Waals surface area contributed by atoms with Crippen molar-refractivity contribution in [3.63, 3.8) is 0 Å². The Balaban J connectivity index is 0.00000132. The van der Waals surface area contributed by atoms with Gasteiger partial charge in [-0.05, 0) is 44.0 Å². The van der Waals surface area contributed by atoms with Crippen LogP contribution in [0.3, 0.4) is 0 Å². The summed E-state index contributed by atoms with van der Waals surface area (Å²) in [6, 6.07) is 3.97. The van der Waals surface area contributed by atoms with Crippen molar-refractivity contribution < 1.29 is 5.11 Å². The second kappa shape index (κ2) is 8.90. The number of rotatable bonds is 3. The minimum atomic E-state index is -0.282. The van der Waals surface area contributed by atoms with Crippen LogP contribution in [0.1, 0.15) is 18.4 Å². The smallest absolute Gasteiger partial charge is 0.0961 e. The highest BCUT2D eigenvalue weighted by molar-refractivity contribution is 6.32. The Hall–Kier alpha value is -0.780. The third-order valence-electron chi connectivity index (χ3n) is 4.10. The standard InChI is InChI=1S/C16H20ClN3O.2ClH/c1-11-12(17)6-7-14-16(11)19-10-20(14)9-3-4-13-15(21)5-2-8-18-13;;/h3-4,6-7,10,13,15,18,21H,2,5,8-9H2,1H3;2*1H/b4-3+;;/t13-,15+;;/m1../s1. The summed E-state index contributed by atoms with van der Waals surface area (Å²) in [5, 5.41) is 14.0. The summed E-state index contributed by atoms with van der Waals surface area (Å²) in [5.41, 5.74) is 3.05. The first kappa shape index (κ1) is 20.3. The number of halogens is 3. The molecule has 23 heavy (non-hydrogen) atoms. The van der Waals surface area contributed by atoms with Gasteiger partial charge >= 0.3 is 0 Å². The van der Waals surface area contributed by atoms with Crippen LogP contribution in [0.2, 0.25) is 5.02 Å². The van der Waals surface area contributed by atoms with E-state index in [1.54, 1.807) is 0 Å². The van der Waals surface area contributed by atoms with Gasteiger partial charge in [-0.25, -0.2) is 4.98 Å². The Morgan fingerprint density at radius 3 is 2.96 bits per heavy atom. The predicted molar refractivity (Wildman–Crippen MR) is 100 cm³/mol. The van der Waals surface area contributed by atoms with Crippen LogP contribution in [0.4, 0.5) is 0 Å². The summed E-state index contributed by atoms with van der Waals surface area (Å²) in [5.74, 6) is 0. The fraction of sp³-hybridized carbons (Fsp3) is 0.438. The summed E-state index contributed by atoms with van der Waals surface area (Å²) >= 11 is 6.12. The van der Waals surface area contributed by atoms with Gasteiger partial charge in [0.25, 0.3) is 0 Å². The van der Waals surface area contributed by atoms with Crippen molar-refractivity contribution in [2.24, 2.45) is 0 Å². The van der Waals surface area contributed by atoms with Crippen molar-refractivity contribution in [3.05, 3.63) is 41.2 Å². The number of fused-ring (bicyclic) bond motifs is 1. The van der Waals surface area contributed by atoms with Crippen molar-refractivity contribution in [2.75, 3.05) is 6.54 Å². The zero-order valence-electron chi connectivity index (χ0n) is 12.9. The Morgan fingerprint density at radius 2 is 2.22 bits per heavy atom. The molecule has 0 unspecified atom stereocenters.